The Bertz CT molecular complexity index is 491. The SMILES string of the molecule is CCCC(C(=O)Nc1ccccc1C(C)(C)C)C(N)=S. The fraction of sp³-hybridized carbons (Fsp3) is 0.500. The zero-order valence-corrected chi connectivity index (χ0v) is 13.5. The Morgan fingerprint density at radius 1 is 1.35 bits per heavy atom. The number of carbonyl (C=O) groups excluding carboxylic acids is 1. The Morgan fingerprint density at radius 3 is 2.45 bits per heavy atom. The summed E-state index contributed by atoms with van der Waals surface area (Å²) in [6.45, 7) is 8.38. The molecule has 1 unspecified atom stereocenters. The Hall–Kier alpha value is -1.42. The van der Waals surface area contributed by atoms with E-state index >= 15 is 0 Å². The number of nitrogens with one attached hydrogen (secondary N) is 1. The summed E-state index contributed by atoms with van der Waals surface area (Å²) >= 11 is 5.00. The highest BCUT2D eigenvalue weighted by Gasteiger charge is 2.23. The van der Waals surface area contributed by atoms with E-state index in [1.807, 2.05) is 31.2 Å². The summed E-state index contributed by atoms with van der Waals surface area (Å²) in [7, 11) is 0. The average Bonchev–Trinajstić information content (AvgIpc) is 2.34. The van der Waals surface area contributed by atoms with Crippen molar-refractivity contribution in [3.8, 4) is 0 Å². The molecule has 1 aromatic rings. The number of rotatable bonds is 5. The number of amides is 1. The molecule has 110 valence electrons. The molecule has 0 aliphatic heterocycles. The number of benzene rings is 1. The highest BCUT2D eigenvalue weighted by Crippen LogP contribution is 2.29. The maximum absolute atomic E-state index is 12.3. The molecule has 0 spiro atoms. The molecule has 1 aromatic carbocycles. The zero-order chi connectivity index (χ0) is 15.3. The molecule has 0 aliphatic rings. The van der Waals surface area contributed by atoms with Crippen LogP contribution in [0.2, 0.25) is 0 Å². The molecular weight excluding hydrogens is 268 g/mol. The maximum atomic E-state index is 12.3. The van der Waals surface area contributed by atoms with E-state index in [9.17, 15) is 4.79 Å². The number of para-hydroxylation sites is 1. The standard InChI is InChI=1S/C16H24N2OS/c1-5-8-11(14(17)20)15(19)18-13-10-7-6-9-12(13)16(2,3)4/h6-7,9-11H,5,8H2,1-4H3,(H2,17,20)(H,18,19). The van der Waals surface area contributed by atoms with Crippen LogP contribution in [0.5, 0.6) is 0 Å². The van der Waals surface area contributed by atoms with E-state index in [1.54, 1.807) is 0 Å². The van der Waals surface area contributed by atoms with E-state index in [0.29, 0.717) is 6.42 Å². The van der Waals surface area contributed by atoms with Crippen LogP contribution in [0, 0.1) is 5.92 Å². The van der Waals surface area contributed by atoms with E-state index in [-0.39, 0.29) is 16.3 Å². The van der Waals surface area contributed by atoms with Crippen LogP contribution in [0.15, 0.2) is 24.3 Å². The van der Waals surface area contributed by atoms with E-state index in [1.165, 1.54) is 0 Å². The van der Waals surface area contributed by atoms with Crippen LogP contribution in [0.3, 0.4) is 0 Å². The van der Waals surface area contributed by atoms with Crippen molar-refractivity contribution in [1.29, 1.82) is 0 Å². The number of anilines is 1. The summed E-state index contributed by atoms with van der Waals surface area (Å²) in [6, 6.07) is 7.85. The molecule has 0 heterocycles. The first kappa shape index (κ1) is 16.6. The molecule has 1 rings (SSSR count). The van der Waals surface area contributed by atoms with E-state index in [0.717, 1.165) is 17.7 Å². The molecule has 0 saturated carbocycles. The monoisotopic (exact) mass is 292 g/mol. The summed E-state index contributed by atoms with van der Waals surface area (Å²) < 4.78 is 0. The van der Waals surface area contributed by atoms with Crippen molar-refractivity contribution in [1.82, 2.24) is 0 Å². The van der Waals surface area contributed by atoms with Gasteiger partial charge in [-0.15, -0.1) is 0 Å². The molecular formula is C16H24N2OS. The molecule has 20 heavy (non-hydrogen) atoms. The molecule has 4 heteroatoms. The zero-order valence-electron chi connectivity index (χ0n) is 12.7. The lowest BCUT2D eigenvalue weighted by molar-refractivity contribution is -0.118. The molecule has 0 aromatic heterocycles. The van der Waals surface area contributed by atoms with E-state index in [4.69, 9.17) is 18.0 Å². The number of thiocarbonyl (C=S) groups is 1. The van der Waals surface area contributed by atoms with Gasteiger partial charge in [0.15, 0.2) is 0 Å². The first-order valence-corrected chi connectivity index (χ1v) is 7.38. The largest absolute Gasteiger partial charge is 0.393 e. The van der Waals surface area contributed by atoms with Gasteiger partial charge < -0.3 is 11.1 Å². The molecule has 0 radical (unpaired) electrons. The lowest BCUT2D eigenvalue weighted by Gasteiger charge is -2.24. The number of hydrogen-bond donors (Lipinski definition) is 2. The van der Waals surface area contributed by atoms with Crippen LogP contribution in [-0.2, 0) is 10.2 Å². The third-order valence-corrected chi connectivity index (χ3v) is 3.51. The lowest BCUT2D eigenvalue weighted by atomic mass is 9.85. The maximum Gasteiger partial charge on any atom is 0.234 e. The van der Waals surface area contributed by atoms with Gasteiger partial charge in [-0.1, -0.05) is 64.5 Å². The Morgan fingerprint density at radius 2 is 1.95 bits per heavy atom. The third kappa shape index (κ3) is 4.30. The first-order valence-electron chi connectivity index (χ1n) is 6.97. The van der Waals surface area contributed by atoms with Gasteiger partial charge in [-0.3, -0.25) is 4.79 Å². The summed E-state index contributed by atoms with van der Waals surface area (Å²) in [5, 5.41) is 2.98. The van der Waals surface area contributed by atoms with Gasteiger partial charge in [0.2, 0.25) is 5.91 Å². The van der Waals surface area contributed by atoms with Gasteiger partial charge in [0, 0.05) is 5.69 Å². The second-order valence-electron chi connectivity index (χ2n) is 6.03. The quantitative estimate of drug-likeness (QED) is 0.815. The molecule has 3 nitrogen and oxygen atoms in total. The van der Waals surface area contributed by atoms with E-state index < -0.39 is 5.92 Å². The number of hydrogen-bond acceptors (Lipinski definition) is 2. The smallest absolute Gasteiger partial charge is 0.234 e. The fourth-order valence-corrected chi connectivity index (χ4v) is 2.38. The highest BCUT2D eigenvalue weighted by molar-refractivity contribution is 7.80. The average molecular weight is 292 g/mol. The van der Waals surface area contributed by atoms with Crippen molar-refractivity contribution >= 4 is 28.8 Å². The van der Waals surface area contributed by atoms with Crippen molar-refractivity contribution in [2.75, 3.05) is 5.32 Å². The molecule has 0 saturated heterocycles. The molecule has 0 aliphatic carbocycles. The minimum Gasteiger partial charge on any atom is -0.393 e. The van der Waals surface area contributed by atoms with Crippen LogP contribution in [-0.4, -0.2) is 10.9 Å². The van der Waals surface area contributed by atoms with Gasteiger partial charge in [0.1, 0.15) is 0 Å². The molecule has 1 atom stereocenters. The highest BCUT2D eigenvalue weighted by atomic mass is 32.1. The van der Waals surface area contributed by atoms with Crippen LogP contribution < -0.4 is 11.1 Å². The number of nitrogens with two attached hydrogens (primary N) is 1. The Balaban J connectivity index is 2.98. The molecule has 0 fully saturated rings. The minimum absolute atomic E-state index is 0.0344. The van der Waals surface area contributed by atoms with Crippen molar-refractivity contribution in [3.05, 3.63) is 29.8 Å². The van der Waals surface area contributed by atoms with Crippen LogP contribution in [0.25, 0.3) is 0 Å². The minimum atomic E-state index is -0.400. The second-order valence-corrected chi connectivity index (χ2v) is 6.50. The van der Waals surface area contributed by atoms with Crippen LogP contribution in [0.1, 0.15) is 46.1 Å². The van der Waals surface area contributed by atoms with E-state index in [2.05, 4.69) is 26.1 Å². The van der Waals surface area contributed by atoms with Gasteiger partial charge in [-0.25, -0.2) is 0 Å². The van der Waals surface area contributed by atoms with Crippen LogP contribution in [0.4, 0.5) is 5.69 Å². The Labute approximate surface area is 126 Å². The summed E-state index contributed by atoms with van der Waals surface area (Å²) in [4.78, 5) is 12.6. The normalized spacial score (nSPS) is 12.8. The van der Waals surface area contributed by atoms with Gasteiger partial charge in [-0.2, -0.15) is 0 Å². The summed E-state index contributed by atoms with van der Waals surface area (Å²) in [5.41, 5.74) is 7.58. The predicted molar refractivity (Wildman–Crippen MR) is 89.0 cm³/mol. The summed E-state index contributed by atoms with van der Waals surface area (Å²) in [6.07, 6.45) is 1.55. The molecule has 0 bridgehead atoms. The van der Waals surface area contributed by atoms with Crippen molar-refractivity contribution in [3.63, 3.8) is 0 Å². The Kier molecular flexibility index (Phi) is 5.69. The fourth-order valence-electron chi connectivity index (χ4n) is 2.16. The van der Waals surface area contributed by atoms with Crippen molar-refractivity contribution in [2.24, 2.45) is 11.7 Å². The lowest BCUT2D eigenvalue weighted by Crippen LogP contribution is -2.33. The van der Waals surface area contributed by atoms with Crippen LogP contribution >= 0.6 is 12.2 Å². The first-order chi connectivity index (χ1) is 9.27. The molecule has 3 N–H and O–H groups in total. The topological polar surface area (TPSA) is 55.1 Å². The second kappa shape index (κ2) is 6.84. The van der Waals surface area contributed by atoms with Gasteiger partial charge in [0.05, 0.1) is 10.9 Å². The van der Waals surface area contributed by atoms with Gasteiger partial charge in [0.25, 0.3) is 0 Å². The summed E-state index contributed by atoms with van der Waals surface area (Å²) in [5.74, 6) is -0.515. The predicted octanol–water partition coefficient (Wildman–Crippen LogP) is 3.63. The van der Waals surface area contributed by atoms with Gasteiger partial charge in [-0.05, 0) is 23.5 Å². The van der Waals surface area contributed by atoms with Gasteiger partial charge >= 0.3 is 0 Å². The third-order valence-electron chi connectivity index (χ3n) is 3.23. The number of carbonyl (C=O) groups is 1. The molecule has 1 amide bonds. The van der Waals surface area contributed by atoms with Crippen molar-refractivity contribution < 1.29 is 4.79 Å². The van der Waals surface area contributed by atoms with Crippen molar-refractivity contribution in [2.45, 2.75) is 46.0 Å².